The first-order valence-corrected chi connectivity index (χ1v) is 7.95. The average Bonchev–Trinajstić information content (AvgIpc) is 2.47. The van der Waals surface area contributed by atoms with E-state index in [1.165, 1.54) is 19.3 Å². The summed E-state index contributed by atoms with van der Waals surface area (Å²) in [6.45, 7) is 5.49. The number of ether oxygens (including phenoxy) is 1. The second kappa shape index (κ2) is 10.1. The number of carbonyl (C=O) groups excluding carboxylic acids is 1. The highest BCUT2D eigenvalue weighted by molar-refractivity contribution is 5.76. The molecular formula is C17H28N2O2. The summed E-state index contributed by atoms with van der Waals surface area (Å²) >= 11 is 0. The molecule has 0 aromatic heterocycles. The highest BCUT2D eigenvalue weighted by Gasteiger charge is 2.05. The van der Waals surface area contributed by atoms with Crippen molar-refractivity contribution in [2.75, 3.05) is 18.9 Å². The van der Waals surface area contributed by atoms with E-state index in [4.69, 9.17) is 10.5 Å². The molecule has 0 saturated heterocycles. The third-order valence-corrected chi connectivity index (χ3v) is 3.37. The predicted octanol–water partition coefficient (Wildman–Crippen LogP) is 3.30. The number of hydrogen-bond acceptors (Lipinski definition) is 3. The minimum atomic E-state index is 0.110. The van der Waals surface area contributed by atoms with Gasteiger partial charge in [0, 0.05) is 13.0 Å². The van der Waals surface area contributed by atoms with Gasteiger partial charge in [0.1, 0.15) is 5.75 Å². The Hall–Kier alpha value is -1.71. The van der Waals surface area contributed by atoms with E-state index in [0.29, 0.717) is 30.9 Å². The number of aryl methyl sites for hydroxylation is 1. The van der Waals surface area contributed by atoms with Crippen LogP contribution < -0.4 is 15.8 Å². The second-order valence-electron chi connectivity index (χ2n) is 5.22. The Morgan fingerprint density at radius 3 is 2.71 bits per heavy atom. The molecule has 0 saturated carbocycles. The van der Waals surface area contributed by atoms with E-state index >= 15 is 0 Å². The van der Waals surface area contributed by atoms with Crippen LogP contribution in [0.3, 0.4) is 0 Å². The molecule has 1 aromatic carbocycles. The fraction of sp³-hybridized carbons (Fsp3) is 0.588. The number of benzene rings is 1. The molecule has 21 heavy (non-hydrogen) atoms. The Bertz CT molecular complexity index is 433. The summed E-state index contributed by atoms with van der Waals surface area (Å²) in [4.78, 5) is 11.7. The Labute approximate surface area is 128 Å². The molecule has 0 aliphatic carbocycles. The number of carbonyl (C=O) groups is 1. The van der Waals surface area contributed by atoms with E-state index < -0.39 is 0 Å². The minimum absolute atomic E-state index is 0.110. The summed E-state index contributed by atoms with van der Waals surface area (Å²) in [5.41, 5.74) is 7.62. The van der Waals surface area contributed by atoms with Crippen molar-refractivity contribution < 1.29 is 9.53 Å². The number of anilines is 1. The van der Waals surface area contributed by atoms with Gasteiger partial charge in [-0.25, -0.2) is 0 Å². The summed E-state index contributed by atoms with van der Waals surface area (Å²) in [5, 5.41) is 2.96. The van der Waals surface area contributed by atoms with Crippen molar-refractivity contribution in [3.05, 3.63) is 23.8 Å². The molecule has 4 nitrogen and oxygen atoms in total. The Morgan fingerprint density at radius 2 is 2.05 bits per heavy atom. The lowest BCUT2D eigenvalue weighted by molar-refractivity contribution is -0.121. The van der Waals surface area contributed by atoms with Gasteiger partial charge in [0.25, 0.3) is 0 Å². The quantitative estimate of drug-likeness (QED) is 0.514. The topological polar surface area (TPSA) is 64.3 Å². The van der Waals surface area contributed by atoms with Gasteiger partial charge in [-0.2, -0.15) is 0 Å². The van der Waals surface area contributed by atoms with Gasteiger partial charge in [-0.15, -0.1) is 0 Å². The van der Waals surface area contributed by atoms with Gasteiger partial charge in [-0.1, -0.05) is 32.3 Å². The molecule has 0 bridgehead atoms. The maximum atomic E-state index is 11.7. The maximum absolute atomic E-state index is 11.7. The lowest BCUT2D eigenvalue weighted by Crippen LogP contribution is -2.24. The van der Waals surface area contributed by atoms with E-state index in [1.807, 2.05) is 25.1 Å². The fourth-order valence-electron chi connectivity index (χ4n) is 2.17. The number of nitrogens with one attached hydrogen (secondary N) is 1. The molecule has 0 aliphatic heterocycles. The van der Waals surface area contributed by atoms with Crippen molar-refractivity contribution in [2.24, 2.45) is 0 Å². The predicted molar refractivity (Wildman–Crippen MR) is 87.5 cm³/mol. The third-order valence-electron chi connectivity index (χ3n) is 3.37. The van der Waals surface area contributed by atoms with E-state index in [-0.39, 0.29) is 5.91 Å². The van der Waals surface area contributed by atoms with Crippen LogP contribution in [0.4, 0.5) is 5.69 Å². The summed E-state index contributed by atoms with van der Waals surface area (Å²) < 4.78 is 5.40. The number of rotatable bonds is 10. The Balaban J connectivity index is 2.28. The number of hydrogen-bond donors (Lipinski definition) is 2. The standard InChI is InChI=1S/C17H28N2O2/c1-3-5-6-7-12-19-17(20)11-9-14-8-10-16(21-4-2)15(18)13-14/h8,10,13H,3-7,9,11-12,18H2,1-2H3,(H,19,20). The first-order chi connectivity index (χ1) is 10.2. The average molecular weight is 292 g/mol. The van der Waals surface area contributed by atoms with Crippen LogP contribution in [0.25, 0.3) is 0 Å². The van der Waals surface area contributed by atoms with Crippen LogP contribution in [0.5, 0.6) is 5.75 Å². The summed E-state index contributed by atoms with van der Waals surface area (Å²) in [6, 6.07) is 5.73. The van der Waals surface area contributed by atoms with E-state index in [1.54, 1.807) is 0 Å². The second-order valence-corrected chi connectivity index (χ2v) is 5.22. The molecule has 0 atom stereocenters. The van der Waals surface area contributed by atoms with Crippen molar-refractivity contribution >= 4 is 11.6 Å². The SMILES string of the molecule is CCCCCCNC(=O)CCc1ccc(OCC)c(N)c1. The largest absolute Gasteiger partial charge is 0.492 e. The first kappa shape index (κ1) is 17.3. The van der Waals surface area contributed by atoms with E-state index in [9.17, 15) is 4.79 Å². The van der Waals surface area contributed by atoms with Crippen molar-refractivity contribution in [3.8, 4) is 5.75 Å². The molecule has 1 amide bonds. The van der Waals surface area contributed by atoms with Crippen molar-refractivity contribution in [3.63, 3.8) is 0 Å². The number of nitrogen functional groups attached to an aromatic ring is 1. The van der Waals surface area contributed by atoms with Crippen LogP contribution in [0.2, 0.25) is 0 Å². The highest BCUT2D eigenvalue weighted by atomic mass is 16.5. The van der Waals surface area contributed by atoms with Gasteiger partial charge in [0.15, 0.2) is 0 Å². The van der Waals surface area contributed by atoms with E-state index in [0.717, 1.165) is 18.5 Å². The molecule has 0 heterocycles. The normalized spacial score (nSPS) is 10.4. The molecule has 1 rings (SSSR count). The summed E-state index contributed by atoms with van der Waals surface area (Å²) in [5.74, 6) is 0.820. The maximum Gasteiger partial charge on any atom is 0.220 e. The molecule has 0 unspecified atom stereocenters. The van der Waals surface area contributed by atoms with Gasteiger partial charge < -0.3 is 15.8 Å². The van der Waals surface area contributed by atoms with Crippen molar-refractivity contribution in [1.29, 1.82) is 0 Å². The Kier molecular flexibility index (Phi) is 8.32. The molecule has 0 radical (unpaired) electrons. The minimum Gasteiger partial charge on any atom is -0.492 e. The van der Waals surface area contributed by atoms with Crippen LogP contribution in [0.1, 0.15) is 51.5 Å². The van der Waals surface area contributed by atoms with Gasteiger partial charge in [-0.3, -0.25) is 4.79 Å². The van der Waals surface area contributed by atoms with Crippen LogP contribution >= 0.6 is 0 Å². The number of nitrogens with two attached hydrogens (primary N) is 1. The molecule has 0 spiro atoms. The smallest absolute Gasteiger partial charge is 0.220 e. The molecule has 4 heteroatoms. The van der Waals surface area contributed by atoms with Gasteiger partial charge in [0.2, 0.25) is 5.91 Å². The van der Waals surface area contributed by atoms with Gasteiger partial charge >= 0.3 is 0 Å². The molecular weight excluding hydrogens is 264 g/mol. The van der Waals surface area contributed by atoms with Gasteiger partial charge in [0.05, 0.1) is 12.3 Å². The van der Waals surface area contributed by atoms with Gasteiger partial charge in [-0.05, 0) is 37.5 Å². The summed E-state index contributed by atoms with van der Waals surface area (Å²) in [6.07, 6.45) is 5.91. The van der Waals surface area contributed by atoms with Crippen molar-refractivity contribution in [2.45, 2.75) is 52.4 Å². The lowest BCUT2D eigenvalue weighted by Gasteiger charge is -2.09. The zero-order chi connectivity index (χ0) is 15.5. The monoisotopic (exact) mass is 292 g/mol. The zero-order valence-corrected chi connectivity index (χ0v) is 13.3. The molecule has 0 aliphatic rings. The first-order valence-electron chi connectivity index (χ1n) is 7.95. The fourth-order valence-corrected chi connectivity index (χ4v) is 2.17. The number of unbranched alkanes of at least 4 members (excludes halogenated alkanes) is 3. The Morgan fingerprint density at radius 1 is 1.24 bits per heavy atom. The van der Waals surface area contributed by atoms with Crippen LogP contribution in [-0.2, 0) is 11.2 Å². The van der Waals surface area contributed by atoms with Crippen LogP contribution in [-0.4, -0.2) is 19.1 Å². The molecule has 3 N–H and O–H groups in total. The number of amides is 1. The zero-order valence-electron chi connectivity index (χ0n) is 13.3. The lowest BCUT2D eigenvalue weighted by atomic mass is 10.1. The molecule has 118 valence electrons. The van der Waals surface area contributed by atoms with Crippen LogP contribution in [0, 0.1) is 0 Å². The van der Waals surface area contributed by atoms with E-state index in [2.05, 4.69) is 12.2 Å². The van der Waals surface area contributed by atoms with Crippen LogP contribution in [0.15, 0.2) is 18.2 Å². The highest BCUT2D eigenvalue weighted by Crippen LogP contribution is 2.23. The molecule has 1 aromatic rings. The third kappa shape index (κ3) is 7.02. The molecule has 0 fully saturated rings. The summed E-state index contributed by atoms with van der Waals surface area (Å²) in [7, 11) is 0. The van der Waals surface area contributed by atoms with Crippen molar-refractivity contribution in [1.82, 2.24) is 5.32 Å².